The van der Waals surface area contributed by atoms with Gasteiger partial charge in [-0.3, -0.25) is 4.79 Å². The number of hydrogen-bond acceptors (Lipinski definition) is 2. The van der Waals surface area contributed by atoms with Crippen LogP contribution in [0.15, 0.2) is 12.1 Å². The monoisotopic (exact) mass is 458 g/mol. The number of hydrogen-bond donors (Lipinski definition) is 0. The molecule has 0 aliphatic carbocycles. The van der Waals surface area contributed by atoms with Crippen molar-refractivity contribution in [1.29, 1.82) is 0 Å². The maximum Gasteiger partial charge on any atom is 0.172 e. The minimum absolute atomic E-state index is 0.0349. The molecule has 0 heterocycles. The van der Waals surface area contributed by atoms with Gasteiger partial charge in [0.05, 0.1) is 15.1 Å². The lowest BCUT2D eigenvalue weighted by Crippen LogP contribution is -2.15. The van der Waals surface area contributed by atoms with E-state index in [1.54, 1.807) is 7.11 Å². The van der Waals surface area contributed by atoms with Crippen LogP contribution in [0.2, 0.25) is 0 Å². The third kappa shape index (κ3) is 3.56. The first-order valence-electron chi connectivity index (χ1n) is 5.28. The second-order valence-electron chi connectivity index (χ2n) is 4.85. The third-order valence-corrected chi connectivity index (χ3v) is 3.99. The highest BCUT2D eigenvalue weighted by Crippen LogP contribution is 2.36. The molecule has 0 aliphatic heterocycles. The number of Topliss-reactive ketones (excluding diaryl/α,β-unsaturated/α-hetero) is 1. The van der Waals surface area contributed by atoms with Crippen molar-refractivity contribution in [3.8, 4) is 5.75 Å². The second-order valence-corrected chi connectivity index (χ2v) is 6.77. The fourth-order valence-corrected chi connectivity index (χ4v) is 2.88. The summed E-state index contributed by atoms with van der Waals surface area (Å²) in [4.78, 5) is 11.8. The van der Waals surface area contributed by atoms with E-state index in [1.807, 2.05) is 12.1 Å². The highest BCUT2D eigenvalue weighted by molar-refractivity contribution is 14.1. The van der Waals surface area contributed by atoms with Gasteiger partial charge in [0.25, 0.3) is 0 Å². The van der Waals surface area contributed by atoms with Crippen LogP contribution in [0.1, 0.15) is 36.7 Å². The molecule has 0 N–H and O–H groups in total. The van der Waals surface area contributed by atoms with Crippen molar-refractivity contribution >= 4 is 51.0 Å². The number of carbonyl (C=O) groups is 1. The van der Waals surface area contributed by atoms with Gasteiger partial charge >= 0.3 is 0 Å². The van der Waals surface area contributed by atoms with Crippen LogP contribution in [-0.4, -0.2) is 17.3 Å². The molecule has 0 atom stereocenters. The van der Waals surface area contributed by atoms with Crippen molar-refractivity contribution in [2.75, 3.05) is 11.5 Å². The molecule has 0 aliphatic rings. The first kappa shape index (κ1) is 15.2. The van der Waals surface area contributed by atoms with Crippen LogP contribution in [0.25, 0.3) is 0 Å². The van der Waals surface area contributed by atoms with E-state index in [4.69, 9.17) is 4.74 Å². The Labute approximate surface area is 130 Å². The SMILES string of the molecule is COc1c(I)cc(C(=O)CI)cc1C(C)(C)C. The summed E-state index contributed by atoms with van der Waals surface area (Å²) in [5, 5.41) is 0. The zero-order chi connectivity index (χ0) is 13.2. The van der Waals surface area contributed by atoms with Gasteiger partial charge in [0.1, 0.15) is 5.75 Å². The molecule has 0 saturated heterocycles. The summed E-state index contributed by atoms with van der Waals surface area (Å²) in [6, 6.07) is 3.86. The number of ether oxygens (including phenoxy) is 1. The van der Waals surface area contributed by atoms with Gasteiger partial charge in [0, 0.05) is 11.1 Å². The number of carbonyl (C=O) groups excluding carboxylic acids is 1. The van der Waals surface area contributed by atoms with Crippen molar-refractivity contribution in [3.05, 3.63) is 26.8 Å². The van der Waals surface area contributed by atoms with Crippen molar-refractivity contribution in [3.63, 3.8) is 0 Å². The molecule has 0 aromatic heterocycles. The van der Waals surface area contributed by atoms with Crippen LogP contribution in [0.3, 0.4) is 0 Å². The van der Waals surface area contributed by atoms with Gasteiger partial charge in [-0.15, -0.1) is 0 Å². The Hall–Kier alpha value is 0.150. The van der Waals surface area contributed by atoms with E-state index in [9.17, 15) is 4.79 Å². The van der Waals surface area contributed by atoms with Crippen molar-refractivity contribution in [1.82, 2.24) is 0 Å². The molecule has 17 heavy (non-hydrogen) atoms. The number of rotatable bonds is 3. The Balaban J connectivity index is 3.44. The normalized spacial score (nSPS) is 11.4. The summed E-state index contributed by atoms with van der Waals surface area (Å²) in [5.41, 5.74) is 1.82. The molecule has 94 valence electrons. The molecule has 0 amide bonds. The summed E-state index contributed by atoms with van der Waals surface area (Å²) in [6.45, 7) is 6.37. The molecule has 2 nitrogen and oxygen atoms in total. The molecule has 0 unspecified atom stereocenters. The van der Waals surface area contributed by atoms with E-state index < -0.39 is 0 Å². The van der Waals surface area contributed by atoms with Crippen LogP contribution in [0.4, 0.5) is 0 Å². The van der Waals surface area contributed by atoms with Crippen LogP contribution in [-0.2, 0) is 5.41 Å². The molecule has 0 bridgehead atoms. The molecule has 1 aromatic carbocycles. The second kappa shape index (κ2) is 5.86. The summed E-state index contributed by atoms with van der Waals surface area (Å²) in [6.07, 6.45) is 0. The van der Waals surface area contributed by atoms with Crippen molar-refractivity contribution in [2.24, 2.45) is 0 Å². The average Bonchev–Trinajstić information content (AvgIpc) is 2.25. The predicted octanol–water partition coefficient (Wildman–Crippen LogP) is 4.22. The minimum Gasteiger partial charge on any atom is -0.495 e. The Kier molecular flexibility index (Phi) is 5.24. The van der Waals surface area contributed by atoms with E-state index in [0.717, 1.165) is 20.4 Å². The fraction of sp³-hybridized carbons (Fsp3) is 0.462. The summed E-state index contributed by atoms with van der Waals surface area (Å²) < 4.78 is 6.95. The van der Waals surface area contributed by atoms with Gasteiger partial charge in [-0.05, 0) is 40.1 Å². The van der Waals surface area contributed by atoms with Crippen LogP contribution in [0, 0.1) is 3.57 Å². The van der Waals surface area contributed by atoms with Crippen LogP contribution >= 0.6 is 45.2 Å². The molecular formula is C13H16I2O2. The van der Waals surface area contributed by atoms with E-state index >= 15 is 0 Å². The van der Waals surface area contributed by atoms with E-state index in [0.29, 0.717) is 4.43 Å². The first-order chi connectivity index (χ1) is 7.81. The number of halogens is 2. The smallest absolute Gasteiger partial charge is 0.172 e. The zero-order valence-corrected chi connectivity index (χ0v) is 14.7. The van der Waals surface area contributed by atoms with Crippen LogP contribution in [0.5, 0.6) is 5.75 Å². The molecule has 4 heteroatoms. The average molecular weight is 458 g/mol. The van der Waals surface area contributed by atoms with Gasteiger partial charge < -0.3 is 4.74 Å². The number of alkyl halides is 1. The lowest BCUT2D eigenvalue weighted by atomic mass is 9.85. The number of methoxy groups -OCH3 is 1. The summed E-state index contributed by atoms with van der Waals surface area (Å²) in [5.74, 6) is 1.04. The number of benzene rings is 1. The highest BCUT2D eigenvalue weighted by atomic mass is 127. The van der Waals surface area contributed by atoms with Crippen LogP contribution < -0.4 is 4.74 Å². The summed E-state index contributed by atoms with van der Waals surface area (Å²) in [7, 11) is 1.67. The molecule has 0 fully saturated rings. The van der Waals surface area contributed by atoms with Gasteiger partial charge in [0.15, 0.2) is 5.78 Å². The lowest BCUT2D eigenvalue weighted by molar-refractivity contribution is 0.102. The zero-order valence-electron chi connectivity index (χ0n) is 10.4. The van der Waals surface area contributed by atoms with E-state index in [2.05, 4.69) is 66.0 Å². The molecule has 1 aromatic rings. The quantitative estimate of drug-likeness (QED) is 0.386. The molecule has 0 spiro atoms. The molecule has 0 saturated carbocycles. The Morgan fingerprint density at radius 1 is 1.35 bits per heavy atom. The minimum atomic E-state index is -0.0349. The highest BCUT2D eigenvalue weighted by Gasteiger charge is 2.22. The van der Waals surface area contributed by atoms with Gasteiger partial charge in [-0.1, -0.05) is 43.4 Å². The third-order valence-electron chi connectivity index (χ3n) is 2.50. The van der Waals surface area contributed by atoms with E-state index in [1.165, 1.54) is 0 Å². The first-order valence-corrected chi connectivity index (χ1v) is 7.89. The Morgan fingerprint density at radius 2 is 1.94 bits per heavy atom. The topological polar surface area (TPSA) is 26.3 Å². The Morgan fingerprint density at radius 3 is 2.35 bits per heavy atom. The maximum atomic E-state index is 11.8. The largest absolute Gasteiger partial charge is 0.495 e. The van der Waals surface area contributed by atoms with Gasteiger partial charge in [-0.25, -0.2) is 0 Å². The van der Waals surface area contributed by atoms with Gasteiger partial charge in [0.2, 0.25) is 0 Å². The Bertz CT molecular complexity index is 434. The molecule has 0 radical (unpaired) electrons. The molecule has 1 rings (SSSR count). The predicted molar refractivity (Wildman–Crippen MR) is 87.6 cm³/mol. The van der Waals surface area contributed by atoms with Gasteiger partial charge in [-0.2, -0.15) is 0 Å². The molecular weight excluding hydrogens is 442 g/mol. The standard InChI is InChI=1S/C13H16I2O2/c1-13(2,3)9-5-8(11(16)7-14)6-10(15)12(9)17-4/h5-6H,7H2,1-4H3. The number of ketones is 1. The fourth-order valence-electron chi connectivity index (χ4n) is 1.60. The maximum absolute atomic E-state index is 11.8. The van der Waals surface area contributed by atoms with E-state index in [-0.39, 0.29) is 11.2 Å². The lowest BCUT2D eigenvalue weighted by Gasteiger charge is -2.23. The van der Waals surface area contributed by atoms with Crippen molar-refractivity contribution in [2.45, 2.75) is 26.2 Å². The summed E-state index contributed by atoms with van der Waals surface area (Å²) >= 11 is 4.32. The van der Waals surface area contributed by atoms with Crippen molar-refractivity contribution < 1.29 is 9.53 Å².